The molecule has 1 amide bonds. The molecule has 0 spiro atoms. The Morgan fingerprint density at radius 1 is 1.35 bits per heavy atom. The van der Waals surface area contributed by atoms with Gasteiger partial charge in [-0.15, -0.1) is 11.3 Å². The predicted molar refractivity (Wildman–Crippen MR) is 109 cm³/mol. The molecule has 5 nitrogen and oxygen atoms in total. The SMILES string of the molecule is C[C@@H]1CCc2c(sc3nc(SCC(=O)Nc4ccccc4)nc(N)c23)C1. The number of hydrogen-bond acceptors (Lipinski definition) is 6. The Balaban J connectivity index is 1.50. The number of nitrogen functional groups attached to an aromatic ring is 1. The summed E-state index contributed by atoms with van der Waals surface area (Å²) in [6, 6.07) is 9.41. The highest BCUT2D eigenvalue weighted by Crippen LogP contribution is 2.39. The number of rotatable bonds is 4. The largest absolute Gasteiger partial charge is 0.383 e. The Kier molecular flexibility index (Phi) is 4.82. The average molecular weight is 385 g/mol. The lowest BCUT2D eigenvalue weighted by Crippen LogP contribution is -2.14. The molecule has 2 heterocycles. The van der Waals surface area contributed by atoms with E-state index in [9.17, 15) is 4.79 Å². The summed E-state index contributed by atoms with van der Waals surface area (Å²) in [6.07, 6.45) is 3.34. The monoisotopic (exact) mass is 384 g/mol. The van der Waals surface area contributed by atoms with Gasteiger partial charge in [0, 0.05) is 10.6 Å². The molecule has 0 saturated carbocycles. The maximum Gasteiger partial charge on any atom is 0.234 e. The number of thiophene rings is 1. The number of thioether (sulfide) groups is 1. The molecule has 1 aliphatic carbocycles. The Morgan fingerprint density at radius 3 is 2.96 bits per heavy atom. The van der Waals surface area contributed by atoms with Gasteiger partial charge in [-0.3, -0.25) is 4.79 Å². The molecule has 0 bridgehead atoms. The highest BCUT2D eigenvalue weighted by Gasteiger charge is 2.23. The number of anilines is 2. The maximum absolute atomic E-state index is 12.1. The molecule has 2 aromatic heterocycles. The number of nitrogens with two attached hydrogens (primary N) is 1. The van der Waals surface area contributed by atoms with E-state index in [1.165, 1.54) is 28.6 Å². The fraction of sp³-hybridized carbons (Fsp3) is 0.316. The summed E-state index contributed by atoms with van der Waals surface area (Å²) in [5.41, 5.74) is 8.35. The van der Waals surface area contributed by atoms with Crippen LogP contribution < -0.4 is 11.1 Å². The highest BCUT2D eigenvalue weighted by atomic mass is 32.2. The second-order valence-electron chi connectivity index (χ2n) is 6.63. The fourth-order valence-electron chi connectivity index (χ4n) is 3.26. The third kappa shape index (κ3) is 3.54. The van der Waals surface area contributed by atoms with Gasteiger partial charge in [0.1, 0.15) is 10.6 Å². The second kappa shape index (κ2) is 7.25. The first-order valence-electron chi connectivity index (χ1n) is 8.65. The van der Waals surface area contributed by atoms with Gasteiger partial charge in [0.15, 0.2) is 5.16 Å². The van der Waals surface area contributed by atoms with Crippen LogP contribution in [-0.4, -0.2) is 21.6 Å². The molecule has 1 aliphatic rings. The third-order valence-electron chi connectivity index (χ3n) is 4.55. The fourth-order valence-corrected chi connectivity index (χ4v) is 5.36. The van der Waals surface area contributed by atoms with Crippen molar-refractivity contribution in [2.45, 2.75) is 31.3 Å². The average Bonchev–Trinajstić information content (AvgIpc) is 2.98. The van der Waals surface area contributed by atoms with Crippen LogP contribution in [0.15, 0.2) is 35.5 Å². The third-order valence-corrected chi connectivity index (χ3v) is 6.55. The van der Waals surface area contributed by atoms with Gasteiger partial charge in [-0.05, 0) is 42.9 Å². The molecular formula is C19H20N4OS2. The van der Waals surface area contributed by atoms with Crippen LogP contribution in [0.1, 0.15) is 23.8 Å². The summed E-state index contributed by atoms with van der Waals surface area (Å²) in [5.74, 6) is 1.41. The van der Waals surface area contributed by atoms with Gasteiger partial charge in [0.25, 0.3) is 0 Å². The van der Waals surface area contributed by atoms with Crippen LogP contribution in [0, 0.1) is 5.92 Å². The van der Waals surface area contributed by atoms with E-state index in [4.69, 9.17) is 5.73 Å². The van der Waals surface area contributed by atoms with Gasteiger partial charge in [-0.1, -0.05) is 36.9 Å². The summed E-state index contributed by atoms with van der Waals surface area (Å²) in [7, 11) is 0. The Hall–Kier alpha value is -2.12. The zero-order valence-electron chi connectivity index (χ0n) is 14.5. The number of amides is 1. The van der Waals surface area contributed by atoms with Crippen molar-refractivity contribution >= 4 is 50.7 Å². The molecule has 0 saturated heterocycles. The van der Waals surface area contributed by atoms with Crippen molar-refractivity contribution in [3.05, 3.63) is 40.8 Å². The lowest BCUT2D eigenvalue weighted by atomic mass is 9.89. The molecule has 0 fully saturated rings. The number of carbonyl (C=O) groups excluding carboxylic acids is 1. The Bertz CT molecular complexity index is 955. The van der Waals surface area contributed by atoms with Gasteiger partial charge in [-0.2, -0.15) is 0 Å². The standard InChI is InChI=1S/C19H20N4OS2/c1-11-7-8-13-14(9-11)26-18-16(13)17(20)22-19(23-18)25-10-15(24)21-12-5-3-2-4-6-12/h2-6,11H,7-10H2,1H3,(H,21,24)(H2,20,22,23)/t11-/m1/s1. The van der Waals surface area contributed by atoms with E-state index in [-0.39, 0.29) is 11.7 Å². The number of para-hydroxylation sites is 1. The van der Waals surface area contributed by atoms with Gasteiger partial charge in [-0.25, -0.2) is 9.97 Å². The molecular weight excluding hydrogens is 364 g/mol. The molecule has 3 aromatic rings. The van der Waals surface area contributed by atoms with Crippen LogP contribution in [0.25, 0.3) is 10.2 Å². The minimum atomic E-state index is -0.0808. The van der Waals surface area contributed by atoms with Crippen LogP contribution in [-0.2, 0) is 17.6 Å². The van der Waals surface area contributed by atoms with Crippen LogP contribution in [0.3, 0.4) is 0 Å². The van der Waals surface area contributed by atoms with E-state index in [0.717, 1.165) is 28.7 Å². The quantitative estimate of drug-likeness (QED) is 0.522. The highest BCUT2D eigenvalue weighted by molar-refractivity contribution is 7.99. The van der Waals surface area contributed by atoms with Gasteiger partial charge >= 0.3 is 0 Å². The summed E-state index contributed by atoms with van der Waals surface area (Å²) < 4.78 is 0. The van der Waals surface area contributed by atoms with Crippen molar-refractivity contribution < 1.29 is 4.79 Å². The van der Waals surface area contributed by atoms with Crippen LogP contribution in [0.2, 0.25) is 0 Å². The number of hydrogen-bond donors (Lipinski definition) is 2. The summed E-state index contributed by atoms with van der Waals surface area (Å²) in [5, 5.41) is 4.45. The molecule has 0 aliphatic heterocycles. The number of fused-ring (bicyclic) bond motifs is 3. The number of carbonyl (C=O) groups is 1. The topological polar surface area (TPSA) is 80.9 Å². The van der Waals surface area contributed by atoms with Crippen LogP contribution >= 0.6 is 23.1 Å². The van der Waals surface area contributed by atoms with E-state index in [1.54, 1.807) is 11.3 Å². The zero-order chi connectivity index (χ0) is 18.1. The Morgan fingerprint density at radius 2 is 2.15 bits per heavy atom. The second-order valence-corrected chi connectivity index (χ2v) is 8.65. The maximum atomic E-state index is 12.1. The first kappa shape index (κ1) is 17.3. The van der Waals surface area contributed by atoms with E-state index in [1.807, 2.05) is 30.3 Å². The predicted octanol–water partition coefficient (Wildman–Crippen LogP) is 4.13. The van der Waals surface area contributed by atoms with E-state index in [2.05, 4.69) is 22.2 Å². The van der Waals surface area contributed by atoms with Gasteiger partial charge in [0.05, 0.1) is 11.1 Å². The van der Waals surface area contributed by atoms with Gasteiger partial charge in [0.2, 0.25) is 5.91 Å². The summed E-state index contributed by atoms with van der Waals surface area (Å²) >= 11 is 3.04. The number of nitrogens with one attached hydrogen (secondary N) is 1. The summed E-state index contributed by atoms with van der Waals surface area (Å²) in [4.78, 5) is 23.5. The van der Waals surface area contributed by atoms with Crippen molar-refractivity contribution in [2.24, 2.45) is 5.92 Å². The number of benzene rings is 1. The van der Waals surface area contributed by atoms with Crippen molar-refractivity contribution in [3.8, 4) is 0 Å². The van der Waals surface area contributed by atoms with Crippen LogP contribution in [0.5, 0.6) is 0 Å². The summed E-state index contributed by atoms with van der Waals surface area (Å²) in [6.45, 7) is 2.29. The molecule has 0 unspecified atom stereocenters. The minimum absolute atomic E-state index is 0.0808. The van der Waals surface area contributed by atoms with E-state index < -0.39 is 0 Å². The molecule has 3 N–H and O–H groups in total. The Labute approximate surface area is 160 Å². The van der Waals surface area contributed by atoms with E-state index >= 15 is 0 Å². The number of nitrogens with zero attached hydrogens (tertiary/aromatic N) is 2. The molecule has 1 atom stereocenters. The zero-order valence-corrected chi connectivity index (χ0v) is 16.1. The molecule has 0 radical (unpaired) electrons. The van der Waals surface area contributed by atoms with Crippen molar-refractivity contribution in [1.82, 2.24) is 9.97 Å². The molecule has 134 valence electrons. The van der Waals surface area contributed by atoms with Crippen molar-refractivity contribution in [2.75, 3.05) is 16.8 Å². The number of aromatic nitrogens is 2. The van der Waals surface area contributed by atoms with E-state index in [0.29, 0.717) is 16.9 Å². The molecule has 26 heavy (non-hydrogen) atoms. The first-order chi connectivity index (χ1) is 12.6. The molecule has 1 aromatic carbocycles. The van der Waals surface area contributed by atoms with Crippen molar-refractivity contribution in [3.63, 3.8) is 0 Å². The molecule has 4 rings (SSSR count). The lowest BCUT2D eigenvalue weighted by molar-refractivity contribution is -0.113. The first-order valence-corrected chi connectivity index (χ1v) is 10.5. The lowest BCUT2D eigenvalue weighted by Gasteiger charge is -2.17. The normalized spacial score (nSPS) is 16.4. The number of aryl methyl sites for hydroxylation is 1. The smallest absolute Gasteiger partial charge is 0.234 e. The van der Waals surface area contributed by atoms with Crippen LogP contribution in [0.4, 0.5) is 11.5 Å². The van der Waals surface area contributed by atoms with Crippen molar-refractivity contribution in [1.29, 1.82) is 0 Å². The van der Waals surface area contributed by atoms with Gasteiger partial charge < -0.3 is 11.1 Å². The minimum Gasteiger partial charge on any atom is -0.383 e. The molecule has 7 heteroatoms.